The van der Waals surface area contributed by atoms with E-state index in [1.165, 1.54) is 0 Å². The molecule has 1 aliphatic heterocycles. The summed E-state index contributed by atoms with van der Waals surface area (Å²) in [5.74, 6) is -0.347. The lowest BCUT2D eigenvalue weighted by Crippen LogP contribution is -2.31. The van der Waals surface area contributed by atoms with Gasteiger partial charge in [0.05, 0.1) is 12.5 Å². The molecule has 3 heteroatoms. The fraction of sp³-hybridized carbons (Fsp3) is 0.211. The number of ether oxygens (including phenoxy) is 1. The summed E-state index contributed by atoms with van der Waals surface area (Å²) in [6, 6.07) is 20.0. The monoisotopic (exact) mass is 294 g/mol. The molecule has 3 nitrogen and oxygen atoms in total. The Hall–Kier alpha value is -2.39. The molecule has 1 N–H and O–H groups in total. The van der Waals surface area contributed by atoms with E-state index in [4.69, 9.17) is 4.74 Å². The van der Waals surface area contributed by atoms with Gasteiger partial charge in [-0.05, 0) is 22.8 Å². The lowest BCUT2D eigenvalue weighted by Gasteiger charge is -2.24. The molecule has 112 valence electrons. The molecule has 0 saturated carbocycles. The van der Waals surface area contributed by atoms with Gasteiger partial charge in [0, 0.05) is 6.42 Å². The molecule has 2 aromatic rings. The number of cyclic esters (lactones) is 1. The standard InChI is InChI=1S/C19H18O3/c20-16-11-17(22-19(21)12-16)13-18(14-7-3-1-4-8-14)15-9-5-2-6-10-15/h1-10,13,16-17,20H,11-12H2/t16-,17?/m1/s1. The van der Waals surface area contributed by atoms with E-state index in [9.17, 15) is 9.90 Å². The number of rotatable bonds is 3. The van der Waals surface area contributed by atoms with Gasteiger partial charge in [-0.2, -0.15) is 0 Å². The van der Waals surface area contributed by atoms with Crippen LogP contribution in [0.4, 0.5) is 0 Å². The van der Waals surface area contributed by atoms with Crippen molar-refractivity contribution in [3.63, 3.8) is 0 Å². The van der Waals surface area contributed by atoms with Crippen molar-refractivity contribution in [2.75, 3.05) is 0 Å². The second-order valence-electron chi connectivity index (χ2n) is 5.43. The van der Waals surface area contributed by atoms with Gasteiger partial charge >= 0.3 is 5.97 Å². The van der Waals surface area contributed by atoms with E-state index in [1.54, 1.807) is 0 Å². The molecular formula is C19H18O3. The molecule has 0 aliphatic carbocycles. The lowest BCUT2D eigenvalue weighted by molar-refractivity contribution is -0.156. The first-order valence-corrected chi connectivity index (χ1v) is 7.42. The van der Waals surface area contributed by atoms with Crippen LogP contribution in [0.5, 0.6) is 0 Å². The summed E-state index contributed by atoms with van der Waals surface area (Å²) in [7, 11) is 0. The summed E-state index contributed by atoms with van der Waals surface area (Å²) in [4.78, 5) is 11.5. The molecule has 3 rings (SSSR count). The van der Waals surface area contributed by atoms with Crippen molar-refractivity contribution >= 4 is 11.5 Å². The van der Waals surface area contributed by atoms with Crippen molar-refractivity contribution in [2.24, 2.45) is 0 Å². The number of hydrogen-bond donors (Lipinski definition) is 1. The van der Waals surface area contributed by atoms with Crippen molar-refractivity contribution in [2.45, 2.75) is 25.0 Å². The summed E-state index contributed by atoms with van der Waals surface area (Å²) in [6.45, 7) is 0. The van der Waals surface area contributed by atoms with Crippen LogP contribution in [0.1, 0.15) is 24.0 Å². The average Bonchev–Trinajstić information content (AvgIpc) is 2.53. The van der Waals surface area contributed by atoms with E-state index in [2.05, 4.69) is 0 Å². The first kappa shape index (κ1) is 14.5. The number of aliphatic hydroxyl groups is 1. The summed E-state index contributed by atoms with van der Waals surface area (Å²) in [6.07, 6.45) is 1.43. The fourth-order valence-electron chi connectivity index (χ4n) is 2.69. The quantitative estimate of drug-likeness (QED) is 0.884. The second-order valence-corrected chi connectivity index (χ2v) is 5.43. The predicted molar refractivity (Wildman–Crippen MR) is 85.1 cm³/mol. The van der Waals surface area contributed by atoms with Gasteiger partial charge in [0.1, 0.15) is 6.10 Å². The van der Waals surface area contributed by atoms with E-state index in [0.717, 1.165) is 16.7 Å². The van der Waals surface area contributed by atoms with Crippen LogP contribution < -0.4 is 0 Å². The zero-order chi connectivity index (χ0) is 15.4. The molecular weight excluding hydrogens is 276 g/mol. The van der Waals surface area contributed by atoms with Crippen LogP contribution in [0, 0.1) is 0 Å². The summed E-state index contributed by atoms with van der Waals surface area (Å²) >= 11 is 0. The van der Waals surface area contributed by atoms with Gasteiger partial charge in [0.2, 0.25) is 0 Å². The third-order valence-corrected chi connectivity index (χ3v) is 3.71. The average molecular weight is 294 g/mol. The third kappa shape index (κ3) is 3.43. The van der Waals surface area contributed by atoms with E-state index in [-0.39, 0.29) is 12.4 Å². The highest BCUT2D eigenvalue weighted by Gasteiger charge is 2.26. The normalized spacial score (nSPS) is 21.0. The highest BCUT2D eigenvalue weighted by Crippen LogP contribution is 2.26. The molecule has 1 fully saturated rings. The van der Waals surface area contributed by atoms with Crippen molar-refractivity contribution in [3.05, 3.63) is 77.9 Å². The molecule has 2 atom stereocenters. The molecule has 0 bridgehead atoms. The van der Waals surface area contributed by atoms with Gasteiger partial charge in [0.15, 0.2) is 0 Å². The van der Waals surface area contributed by atoms with Gasteiger partial charge in [0.25, 0.3) is 0 Å². The molecule has 0 amide bonds. The summed E-state index contributed by atoms with van der Waals surface area (Å²) in [5.41, 5.74) is 3.13. The maximum absolute atomic E-state index is 11.5. The second kappa shape index (κ2) is 6.58. The zero-order valence-corrected chi connectivity index (χ0v) is 12.2. The van der Waals surface area contributed by atoms with E-state index >= 15 is 0 Å². The van der Waals surface area contributed by atoms with Crippen LogP contribution in [-0.2, 0) is 9.53 Å². The molecule has 1 heterocycles. The number of aliphatic hydroxyl groups excluding tert-OH is 1. The third-order valence-electron chi connectivity index (χ3n) is 3.71. The number of carbonyl (C=O) groups excluding carboxylic acids is 1. The SMILES string of the molecule is O=C1C[C@H](O)CC(C=C(c2ccccc2)c2ccccc2)O1. The first-order chi connectivity index (χ1) is 10.7. The molecule has 0 aromatic heterocycles. The maximum atomic E-state index is 11.5. The van der Waals surface area contributed by atoms with E-state index in [1.807, 2.05) is 66.7 Å². The smallest absolute Gasteiger partial charge is 0.309 e. The van der Waals surface area contributed by atoms with Crippen LogP contribution in [0.15, 0.2) is 66.7 Å². The summed E-state index contributed by atoms with van der Waals surface area (Å²) < 4.78 is 5.35. The van der Waals surface area contributed by atoms with Gasteiger partial charge < -0.3 is 9.84 Å². The van der Waals surface area contributed by atoms with Crippen LogP contribution in [0.3, 0.4) is 0 Å². The van der Waals surface area contributed by atoms with Crippen molar-refractivity contribution in [1.82, 2.24) is 0 Å². The Bertz CT molecular complexity index is 620. The first-order valence-electron chi connectivity index (χ1n) is 7.42. The van der Waals surface area contributed by atoms with Gasteiger partial charge in [-0.3, -0.25) is 4.79 Å². The Kier molecular flexibility index (Phi) is 4.35. The van der Waals surface area contributed by atoms with Gasteiger partial charge in [-0.1, -0.05) is 60.7 Å². The number of hydrogen-bond acceptors (Lipinski definition) is 3. The Morgan fingerprint density at radius 3 is 2.05 bits per heavy atom. The fourth-order valence-corrected chi connectivity index (χ4v) is 2.69. The Balaban J connectivity index is 1.98. The van der Waals surface area contributed by atoms with Crippen LogP contribution in [0.2, 0.25) is 0 Å². The van der Waals surface area contributed by atoms with Crippen molar-refractivity contribution < 1.29 is 14.6 Å². The zero-order valence-electron chi connectivity index (χ0n) is 12.2. The lowest BCUT2D eigenvalue weighted by atomic mass is 9.94. The Morgan fingerprint density at radius 1 is 1.00 bits per heavy atom. The van der Waals surface area contributed by atoms with E-state index < -0.39 is 12.2 Å². The highest BCUT2D eigenvalue weighted by molar-refractivity contribution is 5.80. The number of esters is 1. The van der Waals surface area contributed by atoms with Crippen LogP contribution >= 0.6 is 0 Å². The Morgan fingerprint density at radius 2 is 1.55 bits per heavy atom. The Labute approximate surface area is 129 Å². The number of carbonyl (C=O) groups is 1. The molecule has 0 radical (unpaired) electrons. The van der Waals surface area contributed by atoms with Crippen molar-refractivity contribution in [1.29, 1.82) is 0 Å². The van der Waals surface area contributed by atoms with Crippen LogP contribution in [0.25, 0.3) is 5.57 Å². The molecule has 0 spiro atoms. The van der Waals surface area contributed by atoms with E-state index in [0.29, 0.717) is 6.42 Å². The minimum Gasteiger partial charge on any atom is -0.458 e. The predicted octanol–water partition coefficient (Wildman–Crippen LogP) is 3.18. The largest absolute Gasteiger partial charge is 0.458 e. The minimum atomic E-state index is -0.629. The maximum Gasteiger partial charge on any atom is 0.309 e. The minimum absolute atomic E-state index is 0.0797. The summed E-state index contributed by atoms with van der Waals surface area (Å²) in [5, 5.41) is 9.77. The molecule has 1 unspecified atom stereocenters. The molecule has 22 heavy (non-hydrogen) atoms. The van der Waals surface area contributed by atoms with Gasteiger partial charge in [-0.15, -0.1) is 0 Å². The topological polar surface area (TPSA) is 46.5 Å². The molecule has 2 aromatic carbocycles. The number of benzene rings is 2. The highest BCUT2D eigenvalue weighted by atomic mass is 16.5. The van der Waals surface area contributed by atoms with Crippen LogP contribution in [-0.4, -0.2) is 23.3 Å². The van der Waals surface area contributed by atoms with Gasteiger partial charge in [-0.25, -0.2) is 0 Å². The molecule has 1 aliphatic rings. The van der Waals surface area contributed by atoms with Crippen molar-refractivity contribution in [3.8, 4) is 0 Å². The molecule has 1 saturated heterocycles.